The summed E-state index contributed by atoms with van der Waals surface area (Å²) < 4.78 is 5.11. The highest BCUT2D eigenvalue weighted by atomic mass is 35.5. The Bertz CT molecular complexity index is 930. The molecule has 0 aliphatic rings. The fourth-order valence-corrected chi connectivity index (χ4v) is 2.24. The molecule has 0 bridgehead atoms. The van der Waals surface area contributed by atoms with E-state index in [1.54, 1.807) is 31.5 Å². The molecule has 0 radical (unpaired) electrons. The predicted octanol–water partition coefficient (Wildman–Crippen LogP) is 10.2. The number of hydrogen-bond donors (Lipinski definition) is 2. The average molecular weight is 599 g/mol. The van der Waals surface area contributed by atoms with Gasteiger partial charge in [-0.2, -0.15) is 0 Å². The lowest BCUT2D eigenvalue weighted by Crippen LogP contribution is -2.16. The van der Waals surface area contributed by atoms with Crippen LogP contribution in [-0.4, -0.2) is 24.4 Å². The van der Waals surface area contributed by atoms with E-state index in [9.17, 15) is 14.4 Å². The van der Waals surface area contributed by atoms with E-state index < -0.39 is 0 Å². The number of benzene rings is 1. The van der Waals surface area contributed by atoms with Crippen molar-refractivity contribution in [1.29, 1.82) is 0 Å². The molecule has 7 heteroatoms. The SMILES string of the molecule is C=C.CC.CC(=O)NC=O.CC(C)C.CCC(C)(C)C.CCCCC(C)C.COc1c[nH]c(=O)c2cc(Cl)ccc12. The minimum atomic E-state index is -0.329. The molecular weight excluding hydrogens is 536 g/mol. The third-order valence-corrected chi connectivity index (χ3v) is 4.74. The Labute approximate surface area is 257 Å². The molecule has 1 aromatic heterocycles. The molecule has 41 heavy (non-hydrogen) atoms. The van der Waals surface area contributed by atoms with Crippen LogP contribution in [0.25, 0.3) is 10.8 Å². The van der Waals surface area contributed by atoms with E-state index in [0.717, 1.165) is 17.2 Å². The lowest BCUT2D eigenvalue weighted by Gasteiger charge is -2.12. The number of fused-ring (bicyclic) bond motifs is 1. The van der Waals surface area contributed by atoms with Gasteiger partial charge in [0.1, 0.15) is 5.75 Å². The molecule has 0 saturated carbocycles. The Balaban J connectivity index is -0.000000138. The van der Waals surface area contributed by atoms with Crippen LogP contribution in [-0.2, 0) is 9.59 Å². The topological polar surface area (TPSA) is 88.3 Å². The second kappa shape index (κ2) is 31.9. The van der Waals surface area contributed by atoms with Crippen LogP contribution in [0.15, 0.2) is 42.3 Å². The van der Waals surface area contributed by atoms with Crippen molar-refractivity contribution in [3.63, 3.8) is 0 Å². The second-order valence-electron chi connectivity index (χ2n) is 10.9. The summed E-state index contributed by atoms with van der Waals surface area (Å²) in [6.07, 6.45) is 7.31. The first kappa shape index (κ1) is 48.1. The van der Waals surface area contributed by atoms with Gasteiger partial charge in [0.2, 0.25) is 12.3 Å². The maximum absolute atomic E-state index is 11.4. The van der Waals surface area contributed by atoms with Crippen molar-refractivity contribution < 1.29 is 14.3 Å². The lowest BCUT2D eigenvalue weighted by molar-refractivity contribution is -0.123. The molecule has 0 aliphatic heterocycles. The number of aromatic amines is 1. The van der Waals surface area contributed by atoms with E-state index in [1.807, 2.05) is 19.2 Å². The normalized spacial score (nSPS) is 9.20. The number of pyridine rings is 1. The number of hydrogen-bond acceptors (Lipinski definition) is 4. The van der Waals surface area contributed by atoms with Gasteiger partial charge in [-0.3, -0.25) is 19.7 Å². The molecule has 2 amide bonds. The summed E-state index contributed by atoms with van der Waals surface area (Å²) in [5.74, 6) is 2.04. The minimum absolute atomic E-state index is 0.164. The summed E-state index contributed by atoms with van der Waals surface area (Å²) in [5.41, 5.74) is 0.378. The summed E-state index contributed by atoms with van der Waals surface area (Å²) in [7, 11) is 1.56. The van der Waals surface area contributed by atoms with Crippen molar-refractivity contribution in [3.05, 3.63) is 52.9 Å². The van der Waals surface area contributed by atoms with Gasteiger partial charge in [-0.05, 0) is 35.4 Å². The van der Waals surface area contributed by atoms with Crippen molar-refractivity contribution in [2.45, 2.75) is 116 Å². The van der Waals surface area contributed by atoms with Crippen molar-refractivity contribution in [2.24, 2.45) is 17.3 Å². The molecule has 0 unspecified atom stereocenters. The van der Waals surface area contributed by atoms with Gasteiger partial charge < -0.3 is 9.72 Å². The van der Waals surface area contributed by atoms with E-state index in [4.69, 9.17) is 16.3 Å². The van der Waals surface area contributed by atoms with Crippen LogP contribution in [0.3, 0.4) is 0 Å². The Morgan fingerprint density at radius 2 is 1.54 bits per heavy atom. The van der Waals surface area contributed by atoms with E-state index in [1.165, 1.54) is 32.6 Å². The quantitative estimate of drug-likeness (QED) is 0.265. The summed E-state index contributed by atoms with van der Waals surface area (Å²) >= 11 is 5.79. The van der Waals surface area contributed by atoms with Gasteiger partial charge in [0.15, 0.2) is 0 Å². The summed E-state index contributed by atoms with van der Waals surface area (Å²) in [6, 6.07) is 5.12. The molecule has 0 aliphatic carbocycles. The van der Waals surface area contributed by atoms with E-state index in [-0.39, 0.29) is 11.5 Å². The number of amides is 2. The Morgan fingerprint density at radius 3 is 1.80 bits per heavy atom. The number of unbranched alkanes of at least 4 members (excludes halogenated alkanes) is 1. The number of carbonyl (C=O) groups excluding carboxylic acids is 2. The van der Waals surface area contributed by atoms with Crippen LogP contribution in [0.5, 0.6) is 5.75 Å². The minimum Gasteiger partial charge on any atom is -0.495 e. The van der Waals surface area contributed by atoms with Gasteiger partial charge in [-0.25, -0.2) is 0 Å². The zero-order valence-corrected chi connectivity index (χ0v) is 29.6. The molecule has 0 atom stereocenters. The fourth-order valence-electron chi connectivity index (χ4n) is 2.07. The summed E-state index contributed by atoms with van der Waals surface area (Å²) in [5, 5.41) is 3.73. The van der Waals surface area contributed by atoms with Crippen LogP contribution in [0.2, 0.25) is 5.02 Å². The zero-order valence-electron chi connectivity index (χ0n) is 28.8. The van der Waals surface area contributed by atoms with Crippen molar-refractivity contribution in [2.75, 3.05) is 7.11 Å². The molecule has 2 N–H and O–H groups in total. The fraction of sp³-hybridized carbons (Fsp3) is 0.618. The summed E-state index contributed by atoms with van der Waals surface area (Å²) in [4.78, 5) is 33.0. The molecule has 0 saturated heterocycles. The van der Waals surface area contributed by atoms with Gasteiger partial charge in [0.05, 0.1) is 12.5 Å². The van der Waals surface area contributed by atoms with Gasteiger partial charge in [0.25, 0.3) is 5.56 Å². The third kappa shape index (κ3) is 37.4. The Morgan fingerprint density at radius 1 is 1.07 bits per heavy atom. The largest absolute Gasteiger partial charge is 0.495 e. The maximum Gasteiger partial charge on any atom is 0.256 e. The van der Waals surface area contributed by atoms with Gasteiger partial charge >= 0.3 is 0 Å². The predicted molar refractivity (Wildman–Crippen MR) is 183 cm³/mol. The number of ether oxygens (including phenoxy) is 1. The average Bonchev–Trinajstić information content (AvgIpc) is 2.90. The molecule has 1 aromatic carbocycles. The van der Waals surface area contributed by atoms with Crippen molar-refractivity contribution in [1.82, 2.24) is 10.3 Å². The van der Waals surface area contributed by atoms with Crippen LogP contribution in [0, 0.1) is 17.3 Å². The number of nitrogens with one attached hydrogen (secondary N) is 2. The van der Waals surface area contributed by atoms with Crippen LogP contribution in [0.4, 0.5) is 0 Å². The smallest absolute Gasteiger partial charge is 0.256 e. The number of halogens is 1. The molecular formula is C34H63ClN2O4. The standard InChI is InChI=1S/C10H8ClNO2.C7H16.C6H14.C4H10.C3H5NO2.C2H6.C2H4/c1-14-9-5-12-10(13)8-4-6(11)2-3-7(8)9;1-4-5-6-7(2)3;1-5-6(2,3)4;1-4(2)3;1-3(6)4-2-5;2*1-2/h2-5H,1H3,(H,12,13);7H,4-6H2,1-3H3;5H2,1-4H3;4H,1-3H3;2H,1H3,(H,4,5,6);1-2H3;1-2H2. The maximum atomic E-state index is 11.4. The Kier molecular flexibility index (Phi) is 37.5. The zero-order chi connectivity index (χ0) is 33.6. The van der Waals surface area contributed by atoms with Crippen LogP contribution in [0.1, 0.15) is 116 Å². The molecule has 240 valence electrons. The highest BCUT2D eigenvalue weighted by Crippen LogP contribution is 2.24. The van der Waals surface area contributed by atoms with Gasteiger partial charge in [-0.15, -0.1) is 13.2 Å². The number of carbonyl (C=O) groups is 2. The lowest BCUT2D eigenvalue weighted by atomic mass is 9.94. The molecule has 2 rings (SSSR count). The first-order valence-corrected chi connectivity index (χ1v) is 15.0. The number of aromatic nitrogens is 1. The molecule has 0 spiro atoms. The number of methoxy groups -OCH3 is 1. The van der Waals surface area contributed by atoms with E-state index >= 15 is 0 Å². The van der Waals surface area contributed by atoms with Gasteiger partial charge in [-0.1, -0.05) is 120 Å². The number of imide groups is 1. The van der Waals surface area contributed by atoms with Gasteiger partial charge in [0, 0.05) is 23.5 Å². The molecule has 6 nitrogen and oxygen atoms in total. The highest BCUT2D eigenvalue weighted by molar-refractivity contribution is 6.31. The van der Waals surface area contributed by atoms with Crippen molar-refractivity contribution >= 4 is 34.7 Å². The first-order chi connectivity index (χ1) is 19.1. The summed E-state index contributed by atoms with van der Waals surface area (Å²) in [6.45, 7) is 33.5. The van der Waals surface area contributed by atoms with E-state index in [2.05, 4.69) is 87.4 Å². The second-order valence-corrected chi connectivity index (χ2v) is 11.3. The van der Waals surface area contributed by atoms with E-state index in [0.29, 0.717) is 28.0 Å². The monoisotopic (exact) mass is 598 g/mol. The molecule has 1 heterocycles. The molecule has 0 fully saturated rings. The highest BCUT2D eigenvalue weighted by Gasteiger charge is 2.05. The van der Waals surface area contributed by atoms with Crippen LogP contribution >= 0.6 is 11.6 Å². The number of rotatable bonds is 5. The third-order valence-electron chi connectivity index (χ3n) is 4.50. The molecule has 2 aromatic rings. The first-order valence-electron chi connectivity index (χ1n) is 14.6. The Hall–Kier alpha value is -2.60. The van der Waals surface area contributed by atoms with Crippen molar-refractivity contribution in [3.8, 4) is 5.75 Å². The van der Waals surface area contributed by atoms with Crippen LogP contribution < -0.4 is 15.6 Å². The number of H-pyrrole nitrogens is 1.